The van der Waals surface area contributed by atoms with Gasteiger partial charge in [0.2, 0.25) is 5.28 Å². The van der Waals surface area contributed by atoms with E-state index in [9.17, 15) is 0 Å². The maximum atomic E-state index is 5.81. The molecule has 0 bridgehead atoms. The second-order valence-electron chi connectivity index (χ2n) is 3.03. The first-order valence-electron chi connectivity index (χ1n) is 4.58. The van der Waals surface area contributed by atoms with E-state index < -0.39 is 0 Å². The number of nitrogens with zero attached hydrogens (tertiary/aromatic N) is 2. The Bertz CT molecular complexity index is 496. The number of benzene rings is 1. The Kier molecular flexibility index (Phi) is 2.83. The van der Waals surface area contributed by atoms with E-state index in [0.29, 0.717) is 6.54 Å². The van der Waals surface area contributed by atoms with Gasteiger partial charge in [0.15, 0.2) is 0 Å². The highest BCUT2D eigenvalue weighted by Crippen LogP contribution is 2.21. The van der Waals surface area contributed by atoms with E-state index in [1.807, 2.05) is 24.3 Å². The van der Waals surface area contributed by atoms with Crippen molar-refractivity contribution in [2.75, 3.05) is 11.9 Å². The van der Waals surface area contributed by atoms with Crippen LogP contribution in [0.5, 0.6) is 0 Å². The topological polar surface area (TPSA) is 37.8 Å². The van der Waals surface area contributed by atoms with Gasteiger partial charge in [-0.05, 0) is 23.7 Å². The van der Waals surface area contributed by atoms with Crippen molar-refractivity contribution in [3.8, 4) is 0 Å². The van der Waals surface area contributed by atoms with Gasteiger partial charge in [0.1, 0.15) is 5.82 Å². The fourth-order valence-corrected chi connectivity index (χ4v) is 1.53. The van der Waals surface area contributed by atoms with Gasteiger partial charge in [0, 0.05) is 11.9 Å². The molecule has 0 fully saturated rings. The molecule has 2 rings (SSSR count). The third kappa shape index (κ3) is 2.07. The highest BCUT2D eigenvalue weighted by atomic mass is 35.5. The summed E-state index contributed by atoms with van der Waals surface area (Å²) in [5, 5.41) is 4.34. The zero-order valence-electron chi connectivity index (χ0n) is 8.07. The normalized spacial score (nSPS) is 10.2. The summed E-state index contributed by atoms with van der Waals surface area (Å²) in [6, 6.07) is 7.72. The summed E-state index contributed by atoms with van der Waals surface area (Å²) in [6.07, 6.45) is 1.77. The SMILES string of the molecule is C=CCNc1nc(Cl)nc2ccccc12. The van der Waals surface area contributed by atoms with Crippen LogP contribution in [0.25, 0.3) is 10.9 Å². The first kappa shape index (κ1) is 9.93. The highest BCUT2D eigenvalue weighted by Gasteiger charge is 2.04. The van der Waals surface area contributed by atoms with Gasteiger partial charge in [-0.1, -0.05) is 18.2 Å². The van der Waals surface area contributed by atoms with Crippen LogP contribution in [-0.2, 0) is 0 Å². The largest absolute Gasteiger partial charge is 0.366 e. The van der Waals surface area contributed by atoms with Crippen LogP contribution in [0, 0.1) is 0 Å². The molecule has 0 aliphatic carbocycles. The van der Waals surface area contributed by atoms with Crippen LogP contribution in [0.3, 0.4) is 0 Å². The predicted octanol–water partition coefficient (Wildman–Crippen LogP) is 2.88. The Hall–Kier alpha value is -1.61. The molecule has 0 aliphatic rings. The number of fused-ring (bicyclic) bond motifs is 1. The molecule has 3 nitrogen and oxygen atoms in total. The fraction of sp³-hybridized carbons (Fsp3) is 0.0909. The molecule has 0 saturated carbocycles. The van der Waals surface area contributed by atoms with E-state index in [-0.39, 0.29) is 5.28 Å². The minimum Gasteiger partial charge on any atom is -0.366 e. The summed E-state index contributed by atoms with van der Waals surface area (Å²) in [5.41, 5.74) is 0.837. The number of nitrogens with one attached hydrogen (secondary N) is 1. The number of hydrogen-bond donors (Lipinski definition) is 1. The molecule has 15 heavy (non-hydrogen) atoms. The van der Waals surface area contributed by atoms with Crippen molar-refractivity contribution in [2.45, 2.75) is 0 Å². The maximum absolute atomic E-state index is 5.81. The maximum Gasteiger partial charge on any atom is 0.224 e. The third-order valence-electron chi connectivity index (χ3n) is 1.99. The Morgan fingerprint density at radius 3 is 2.93 bits per heavy atom. The Balaban J connectivity index is 2.55. The Morgan fingerprint density at radius 1 is 1.33 bits per heavy atom. The second-order valence-corrected chi connectivity index (χ2v) is 3.37. The zero-order chi connectivity index (χ0) is 10.7. The molecule has 1 N–H and O–H groups in total. The molecule has 76 valence electrons. The lowest BCUT2D eigenvalue weighted by molar-refractivity contribution is 1.18. The van der Waals surface area contributed by atoms with E-state index >= 15 is 0 Å². The molecular weight excluding hydrogens is 210 g/mol. The van der Waals surface area contributed by atoms with Crippen LogP contribution in [0.1, 0.15) is 0 Å². The molecule has 0 amide bonds. The number of halogens is 1. The first-order valence-corrected chi connectivity index (χ1v) is 4.96. The standard InChI is InChI=1S/C11H10ClN3/c1-2-7-13-10-8-5-3-4-6-9(8)14-11(12)15-10/h2-6H,1,7H2,(H,13,14,15). The van der Waals surface area contributed by atoms with Crippen molar-refractivity contribution in [2.24, 2.45) is 0 Å². The molecule has 0 aliphatic heterocycles. The summed E-state index contributed by atoms with van der Waals surface area (Å²) in [4.78, 5) is 8.27. The van der Waals surface area contributed by atoms with Gasteiger partial charge in [0.05, 0.1) is 5.52 Å². The summed E-state index contributed by atoms with van der Waals surface area (Å²) in [7, 11) is 0. The molecule has 0 radical (unpaired) electrons. The zero-order valence-corrected chi connectivity index (χ0v) is 8.83. The minimum atomic E-state index is 0.250. The lowest BCUT2D eigenvalue weighted by Gasteiger charge is -2.06. The quantitative estimate of drug-likeness (QED) is 0.637. The lowest BCUT2D eigenvalue weighted by atomic mass is 10.2. The van der Waals surface area contributed by atoms with Crippen LogP contribution in [0.15, 0.2) is 36.9 Å². The summed E-state index contributed by atoms with van der Waals surface area (Å²) < 4.78 is 0. The van der Waals surface area contributed by atoms with Gasteiger partial charge in [0.25, 0.3) is 0 Å². The molecule has 4 heteroatoms. The molecule has 0 spiro atoms. The summed E-state index contributed by atoms with van der Waals surface area (Å²) >= 11 is 5.81. The van der Waals surface area contributed by atoms with Crippen molar-refractivity contribution in [3.05, 3.63) is 42.2 Å². The molecule has 1 aromatic carbocycles. The number of hydrogen-bond acceptors (Lipinski definition) is 3. The Labute approximate surface area is 92.8 Å². The van der Waals surface area contributed by atoms with Crippen molar-refractivity contribution in [1.29, 1.82) is 0 Å². The third-order valence-corrected chi connectivity index (χ3v) is 2.16. The molecule has 0 atom stereocenters. The summed E-state index contributed by atoms with van der Waals surface area (Å²) in [5.74, 6) is 0.741. The van der Waals surface area contributed by atoms with Gasteiger partial charge in [-0.25, -0.2) is 9.97 Å². The van der Waals surface area contributed by atoms with E-state index in [0.717, 1.165) is 16.7 Å². The van der Waals surface area contributed by atoms with Crippen molar-refractivity contribution in [3.63, 3.8) is 0 Å². The van der Waals surface area contributed by atoms with Gasteiger partial charge in [-0.15, -0.1) is 6.58 Å². The highest BCUT2D eigenvalue weighted by molar-refractivity contribution is 6.28. The summed E-state index contributed by atoms with van der Waals surface area (Å²) in [6.45, 7) is 4.29. The number of aromatic nitrogens is 2. The number of para-hydroxylation sites is 1. The van der Waals surface area contributed by atoms with Crippen molar-refractivity contribution >= 4 is 28.3 Å². The lowest BCUT2D eigenvalue weighted by Crippen LogP contribution is -2.02. The van der Waals surface area contributed by atoms with E-state index in [1.165, 1.54) is 0 Å². The average molecular weight is 220 g/mol. The average Bonchev–Trinajstić information content (AvgIpc) is 2.25. The molecule has 0 saturated heterocycles. The van der Waals surface area contributed by atoms with Crippen molar-refractivity contribution in [1.82, 2.24) is 9.97 Å². The molecule has 2 aromatic rings. The van der Waals surface area contributed by atoms with Crippen molar-refractivity contribution < 1.29 is 0 Å². The number of rotatable bonds is 3. The fourth-order valence-electron chi connectivity index (χ4n) is 1.35. The van der Waals surface area contributed by atoms with Crippen LogP contribution in [0.4, 0.5) is 5.82 Å². The molecule has 1 heterocycles. The second kappa shape index (κ2) is 4.28. The minimum absolute atomic E-state index is 0.250. The van der Waals surface area contributed by atoms with E-state index in [2.05, 4.69) is 21.9 Å². The Morgan fingerprint density at radius 2 is 2.13 bits per heavy atom. The predicted molar refractivity (Wildman–Crippen MR) is 63.2 cm³/mol. The van der Waals surface area contributed by atoms with E-state index in [4.69, 9.17) is 11.6 Å². The van der Waals surface area contributed by atoms with Gasteiger partial charge in [-0.2, -0.15) is 0 Å². The van der Waals surface area contributed by atoms with Crippen LogP contribution >= 0.6 is 11.6 Å². The monoisotopic (exact) mass is 219 g/mol. The molecule has 0 unspecified atom stereocenters. The van der Waals surface area contributed by atoms with Crippen LogP contribution < -0.4 is 5.32 Å². The van der Waals surface area contributed by atoms with Gasteiger partial charge >= 0.3 is 0 Å². The van der Waals surface area contributed by atoms with Gasteiger partial charge < -0.3 is 5.32 Å². The smallest absolute Gasteiger partial charge is 0.224 e. The van der Waals surface area contributed by atoms with Crippen LogP contribution in [0.2, 0.25) is 5.28 Å². The molecular formula is C11H10ClN3. The van der Waals surface area contributed by atoms with Crippen LogP contribution in [-0.4, -0.2) is 16.5 Å². The molecule has 1 aromatic heterocycles. The van der Waals surface area contributed by atoms with Gasteiger partial charge in [-0.3, -0.25) is 0 Å². The first-order chi connectivity index (χ1) is 7.31. The van der Waals surface area contributed by atoms with E-state index in [1.54, 1.807) is 6.08 Å². The number of anilines is 1.